The average Bonchev–Trinajstić information content (AvgIpc) is 2.35. The second-order valence-electron chi connectivity index (χ2n) is 5.26. The van der Waals surface area contributed by atoms with Gasteiger partial charge in [-0.25, -0.2) is 4.99 Å². The maximum atomic E-state index is 5.87. The highest BCUT2D eigenvalue weighted by Gasteiger charge is 2.05. The van der Waals surface area contributed by atoms with Gasteiger partial charge in [-0.1, -0.05) is 12.1 Å². The van der Waals surface area contributed by atoms with Crippen LogP contribution in [0.3, 0.4) is 0 Å². The van der Waals surface area contributed by atoms with E-state index in [1.54, 1.807) is 0 Å². The van der Waals surface area contributed by atoms with Crippen molar-refractivity contribution in [3.63, 3.8) is 0 Å². The lowest BCUT2D eigenvalue weighted by atomic mass is 10.2. The summed E-state index contributed by atoms with van der Waals surface area (Å²) in [7, 11) is 0. The molecule has 1 rings (SSSR count). The predicted octanol–water partition coefficient (Wildman–Crippen LogP) is 3.34. The highest BCUT2D eigenvalue weighted by atomic mass is 127. The van der Waals surface area contributed by atoms with Crippen LogP contribution in [0.15, 0.2) is 29.3 Å². The van der Waals surface area contributed by atoms with Gasteiger partial charge >= 0.3 is 0 Å². The molecule has 0 saturated carbocycles. The third kappa shape index (κ3) is 8.80. The van der Waals surface area contributed by atoms with Crippen LogP contribution >= 0.6 is 24.0 Å². The van der Waals surface area contributed by atoms with E-state index in [2.05, 4.69) is 49.4 Å². The molecule has 0 aliphatic heterocycles. The third-order valence-corrected chi connectivity index (χ3v) is 2.60. The molecule has 0 aliphatic rings. The lowest BCUT2D eigenvalue weighted by Gasteiger charge is -2.16. The SMILES string of the molecule is CCNC(=NCC(C)Oc1cccc(C)c1)NC(C)C.I. The van der Waals surface area contributed by atoms with Gasteiger partial charge in [-0.05, 0) is 52.3 Å². The molecule has 1 atom stereocenters. The van der Waals surface area contributed by atoms with Gasteiger partial charge in [0.1, 0.15) is 11.9 Å². The summed E-state index contributed by atoms with van der Waals surface area (Å²) < 4.78 is 5.87. The predicted molar refractivity (Wildman–Crippen MR) is 101 cm³/mol. The molecule has 21 heavy (non-hydrogen) atoms. The molecule has 4 nitrogen and oxygen atoms in total. The van der Waals surface area contributed by atoms with Gasteiger partial charge in [-0.3, -0.25) is 0 Å². The van der Waals surface area contributed by atoms with Crippen LogP contribution in [-0.4, -0.2) is 31.2 Å². The molecule has 0 radical (unpaired) electrons. The Hall–Kier alpha value is -0.980. The molecule has 0 bridgehead atoms. The molecule has 0 spiro atoms. The first-order chi connectivity index (χ1) is 9.51. The van der Waals surface area contributed by atoms with Crippen molar-refractivity contribution in [1.29, 1.82) is 0 Å². The Morgan fingerprint density at radius 1 is 1.29 bits per heavy atom. The highest BCUT2D eigenvalue weighted by Crippen LogP contribution is 2.14. The summed E-state index contributed by atoms with van der Waals surface area (Å²) in [5.41, 5.74) is 1.20. The minimum absolute atomic E-state index is 0. The molecule has 0 fully saturated rings. The molecule has 2 N–H and O–H groups in total. The quantitative estimate of drug-likeness (QED) is 0.434. The topological polar surface area (TPSA) is 45.7 Å². The molecule has 0 heterocycles. The van der Waals surface area contributed by atoms with E-state index in [4.69, 9.17) is 4.74 Å². The molecular weight excluding hydrogens is 377 g/mol. The summed E-state index contributed by atoms with van der Waals surface area (Å²) in [6, 6.07) is 8.44. The van der Waals surface area contributed by atoms with Crippen molar-refractivity contribution in [2.45, 2.75) is 46.8 Å². The van der Waals surface area contributed by atoms with E-state index < -0.39 is 0 Å². The van der Waals surface area contributed by atoms with Crippen LogP contribution < -0.4 is 15.4 Å². The summed E-state index contributed by atoms with van der Waals surface area (Å²) in [4.78, 5) is 4.54. The Morgan fingerprint density at radius 2 is 2.00 bits per heavy atom. The van der Waals surface area contributed by atoms with Crippen molar-refractivity contribution in [3.8, 4) is 5.75 Å². The second-order valence-corrected chi connectivity index (χ2v) is 5.26. The van der Waals surface area contributed by atoms with Crippen LogP contribution in [0, 0.1) is 6.92 Å². The average molecular weight is 405 g/mol. The maximum Gasteiger partial charge on any atom is 0.191 e. The van der Waals surface area contributed by atoms with Crippen LogP contribution in [0.5, 0.6) is 5.75 Å². The second kappa shape index (κ2) is 10.7. The van der Waals surface area contributed by atoms with Crippen LogP contribution in [-0.2, 0) is 0 Å². The zero-order valence-corrected chi connectivity index (χ0v) is 16.0. The summed E-state index contributed by atoms with van der Waals surface area (Å²) >= 11 is 0. The number of hydrogen-bond acceptors (Lipinski definition) is 2. The van der Waals surface area contributed by atoms with Gasteiger partial charge in [-0.15, -0.1) is 24.0 Å². The fraction of sp³-hybridized carbons (Fsp3) is 0.562. The molecule has 5 heteroatoms. The number of halogens is 1. The van der Waals surface area contributed by atoms with Crippen LogP contribution in [0.4, 0.5) is 0 Å². The standard InChI is InChI=1S/C16H27N3O.HI/c1-6-17-16(19-12(2)3)18-11-14(5)20-15-9-7-8-13(4)10-15;/h7-10,12,14H,6,11H2,1-5H3,(H2,17,18,19);1H. The molecule has 120 valence electrons. The Bertz CT molecular complexity index is 435. The zero-order chi connectivity index (χ0) is 15.0. The van der Waals surface area contributed by atoms with Gasteiger partial charge in [0.25, 0.3) is 0 Å². The molecule has 1 aromatic carbocycles. The third-order valence-electron chi connectivity index (χ3n) is 2.60. The van der Waals surface area contributed by atoms with Gasteiger partial charge in [0.2, 0.25) is 0 Å². The molecule has 1 unspecified atom stereocenters. The zero-order valence-electron chi connectivity index (χ0n) is 13.6. The first kappa shape index (κ1) is 20.0. The van der Waals surface area contributed by atoms with E-state index >= 15 is 0 Å². The smallest absolute Gasteiger partial charge is 0.191 e. The van der Waals surface area contributed by atoms with Gasteiger partial charge in [0, 0.05) is 12.6 Å². The van der Waals surface area contributed by atoms with Crippen LogP contribution in [0.2, 0.25) is 0 Å². The monoisotopic (exact) mass is 405 g/mol. The lowest BCUT2D eigenvalue weighted by Crippen LogP contribution is -2.41. The van der Waals surface area contributed by atoms with E-state index in [-0.39, 0.29) is 30.1 Å². The van der Waals surface area contributed by atoms with E-state index in [1.165, 1.54) is 5.56 Å². The van der Waals surface area contributed by atoms with Crippen LogP contribution in [0.25, 0.3) is 0 Å². The number of hydrogen-bond donors (Lipinski definition) is 2. The number of nitrogens with one attached hydrogen (secondary N) is 2. The van der Waals surface area contributed by atoms with Crippen molar-refractivity contribution >= 4 is 29.9 Å². The molecule has 0 aliphatic carbocycles. The first-order valence-corrected chi connectivity index (χ1v) is 7.29. The Kier molecular flexibility index (Phi) is 10.2. The summed E-state index contributed by atoms with van der Waals surface area (Å²) in [6.07, 6.45) is 0.0411. The van der Waals surface area contributed by atoms with Crippen LogP contribution in [0.1, 0.15) is 33.3 Å². The molecule has 0 saturated heterocycles. The number of ether oxygens (including phenoxy) is 1. The Morgan fingerprint density at radius 3 is 2.57 bits per heavy atom. The van der Waals surface area contributed by atoms with Crippen molar-refractivity contribution < 1.29 is 4.74 Å². The number of rotatable bonds is 6. The Labute approximate surface area is 145 Å². The molecule has 0 amide bonds. The van der Waals surface area contributed by atoms with Gasteiger partial charge in [-0.2, -0.15) is 0 Å². The van der Waals surface area contributed by atoms with Crippen molar-refractivity contribution in [2.75, 3.05) is 13.1 Å². The van der Waals surface area contributed by atoms with Gasteiger partial charge in [0.05, 0.1) is 6.54 Å². The summed E-state index contributed by atoms with van der Waals surface area (Å²) in [6.45, 7) is 11.8. The number of benzene rings is 1. The van der Waals surface area contributed by atoms with E-state index in [0.717, 1.165) is 18.3 Å². The Balaban J connectivity index is 0.00000400. The molecule has 0 aromatic heterocycles. The van der Waals surface area contributed by atoms with E-state index in [0.29, 0.717) is 12.6 Å². The maximum absolute atomic E-state index is 5.87. The number of guanidine groups is 1. The minimum atomic E-state index is 0. The fourth-order valence-electron chi connectivity index (χ4n) is 1.77. The molecular formula is C16H28IN3O. The number of aliphatic imine (C=N–C) groups is 1. The molecule has 1 aromatic rings. The number of nitrogens with zero attached hydrogens (tertiary/aromatic N) is 1. The number of aryl methyl sites for hydroxylation is 1. The fourth-order valence-corrected chi connectivity index (χ4v) is 1.77. The largest absolute Gasteiger partial charge is 0.489 e. The normalized spacial score (nSPS) is 12.6. The van der Waals surface area contributed by atoms with Crippen molar-refractivity contribution in [2.24, 2.45) is 4.99 Å². The van der Waals surface area contributed by atoms with Crippen molar-refractivity contribution in [1.82, 2.24) is 10.6 Å². The lowest BCUT2D eigenvalue weighted by molar-refractivity contribution is 0.230. The first-order valence-electron chi connectivity index (χ1n) is 7.29. The van der Waals surface area contributed by atoms with E-state index in [9.17, 15) is 0 Å². The highest BCUT2D eigenvalue weighted by molar-refractivity contribution is 14.0. The van der Waals surface area contributed by atoms with Crippen molar-refractivity contribution in [3.05, 3.63) is 29.8 Å². The van der Waals surface area contributed by atoms with Gasteiger partial charge in [0.15, 0.2) is 5.96 Å². The van der Waals surface area contributed by atoms with Gasteiger partial charge < -0.3 is 15.4 Å². The minimum Gasteiger partial charge on any atom is -0.489 e. The van der Waals surface area contributed by atoms with E-state index in [1.807, 2.05) is 25.1 Å². The summed E-state index contributed by atoms with van der Waals surface area (Å²) in [5, 5.41) is 6.52. The summed E-state index contributed by atoms with van der Waals surface area (Å²) in [5.74, 6) is 1.73.